The highest BCUT2D eigenvalue weighted by molar-refractivity contribution is 7.91. The number of hydrogen-bond acceptors (Lipinski definition) is 3. The molecule has 1 aromatic carbocycles. The van der Waals surface area contributed by atoms with Gasteiger partial charge in [-0.3, -0.25) is 0 Å². The molecule has 1 unspecified atom stereocenters. The Labute approximate surface area is 123 Å². The van der Waals surface area contributed by atoms with E-state index in [4.69, 9.17) is 0 Å². The molecule has 0 saturated carbocycles. The lowest BCUT2D eigenvalue weighted by Gasteiger charge is -2.21. The molecule has 0 bridgehead atoms. The molecule has 1 atom stereocenters. The minimum Gasteiger partial charge on any atom is -0.309 e. The Morgan fingerprint density at radius 3 is 2.30 bits per heavy atom. The summed E-state index contributed by atoms with van der Waals surface area (Å²) in [6, 6.07) is 6.07. The summed E-state index contributed by atoms with van der Waals surface area (Å²) < 4.78 is 24.5. The van der Waals surface area contributed by atoms with Crippen LogP contribution in [-0.4, -0.2) is 26.5 Å². The van der Waals surface area contributed by atoms with Gasteiger partial charge in [0, 0.05) is 6.04 Å². The monoisotopic (exact) mass is 297 g/mol. The second kappa shape index (κ2) is 7.23. The largest absolute Gasteiger partial charge is 0.309 e. The van der Waals surface area contributed by atoms with Gasteiger partial charge in [0.15, 0.2) is 9.84 Å². The summed E-state index contributed by atoms with van der Waals surface area (Å²) in [5, 5.41) is 3.31. The van der Waals surface area contributed by atoms with Crippen molar-refractivity contribution in [3.05, 3.63) is 34.9 Å². The third kappa shape index (κ3) is 5.25. The highest BCUT2D eigenvalue weighted by Crippen LogP contribution is 2.21. The van der Waals surface area contributed by atoms with Crippen LogP contribution in [0.5, 0.6) is 0 Å². The van der Waals surface area contributed by atoms with Gasteiger partial charge < -0.3 is 5.32 Å². The van der Waals surface area contributed by atoms with Gasteiger partial charge in [-0.1, -0.05) is 44.5 Å². The van der Waals surface area contributed by atoms with E-state index in [1.165, 1.54) is 5.56 Å². The Morgan fingerprint density at radius 2 is 1.80 bits per heavy atom. The SMILES string of the molecule is CCNC(CS(=O)(=O)CC(C)C)c1ccc(C)cc1C. The standard InChI is InChI=1S/C16H27NO2S/c1-6-17-16(11-20(18,19)10-12(2)3)15-8-7-13(4)9-14(15)5/h7-9,12,16-17H,6,10-11H2,1-5H3. The maximum Gasteiger partial charge on any atom is 0.152 e. The number of hydrogen-bond donors (Lipinski definition) is 1. The Morgan fingerprint density at radius 1 is 1.15 bits per heavy atom. The van der Waals surface area contributed by atoms with E-state index in [0.29, 0.717) is 0 Å². The summed E-state index contributed by atoms with van der Waals surface area (Å²) >= 11 is 0. The lowest BCUT2D eigenvalue weighted by molar-refractivity contribution is 0.550. The number of aryl methyl sites for hydroxylation is 2. The molecule has 0 aromatic heterocycles. The third-order valence-electron chi connectivity index (χ3n) is 3.26. The van der Waals surface area contributed by atoms with Gasteiger partial charge >= 0.3 is 0 Å². The fourth-order valence-corrected chi connectivity index (χ4v) is 4.51. The Kier molecular flexibility index (Phi) is 6.21. The average molecular weight is 297 g/mol. The van der Waals surface area contributed by atoms with E-state index in [2.05, 4.69) is 18.3 Å². The summed E-state index contributed by atoms with van der Waals surface area (Å²) in [5.74, 6) is 0.587. The molecule has 0 heterocycles. The van der Waals surface area contributed by atoms with Crippen LogP contribution in [0.4, 0.5) is 0 Å². The molecule has 1 rings (SSSR count). The molecule has 1 aromatic rings. The molecule has 0 saturated heterocycles. The first-order chi connectivity index (χ1) is 9.25. The van der Waals surface area contributed by atoms with E-state index in [1.54, 1.807) is 0 Å². The summed E-state index contributed by atoms with van der Waals surface area (Å²) in [5.41, 5.74) is 3.44. The van der Waals surface area contributed by atoms with Gasteiger partial charge in [-0.2, -0.15) is 0 Å². The quantitative estimate of drug-likeness (QED) is 0.841. The maximum absolute atomic E-state index is 12.2. The molecule has 1 N–H and O–H groups in total. The van der Waals surface area contributed by atoms with Gasteiger partial charge in [0.2, 0.25) is 0 Å². The second-order valence-corrected chi connectivity index (χ2v) is 8.09. The van der Waals surface area contributed by atoms with Gasteiger partial charge in [-0.25, -0.2) is 8.42 Å². The second-order valence-electron chi connectivity index (χ2n) is 5.94. The molecule has 0 amide bonds. The van der Waals surface area contributed by atoms with Crippen molar-refractivity contribution in [2.75, 3.05) is 18.1 Å². The zero-order valence-corrected chi connectivity index (χ0v) is 14.0. The maximum atomic E-state index is 12.2. The van der Waals surface area contributed by atoms with Gasteiger partial charge in [-0.15, -0.1) is 0 Å². The minimum absolute atomic E-state index is 0.121. The van der Waals surface area contributed by atoms with Crippen LogP contribution in [0.15, 0.2) is 18.2 Å². The summed E-state index contributed by atoms with van der Waals surface area (Å²) in [4.78, 5) is 0. The van der Waals surface area contributed by atoms with Crippen molar-refractivity contribution >= 4 is 9.84 Å². The van der Waals surface area contributed by atoms with E-state index in [9.17, 15) is 8.42 Å². The van der Waals surface area contributed by atoms with Gasteiger partial charge in [0.1, 0.15) is 0 Å². The zero-order chi connectivity index (χ0) is 15.3. The molecular formula is C16H27NO2S. The van der Waals surface area contributed by atoms with Crippen LogP contribution in [0, 0.1) is 19.8 Å². The molecule has 4 heteroatoms. The van der Waals surface area contributed by atoms with Crippen molar-refractivity contribution in [3.8, 4) is 0 Å². The number of benzene rings is 1. The van der Waals surface area contributed by atoms with E-state index in [0.717, 1.165) is 17.7 Å². The van der Waals surface area contributed by atoms with E-state index < -0.39 is 9.84 Å². The molecule has 0 aliphatic carbocycles. The highest BCUT2D eigenvalue weighted by atomic mass is 32.2. The van der Waals surface area contributed by atoms with Crippen LogP contribution in [0.1, 0.15) is 43.5 Å². The average Bonchev–Trinajstić information content (AvgIpc) is 2.26. The molecule has 114 valence electrons. The molecule has 0 spiro atoms. The summed E-state index contributed by atoms with van der Waals surface area (Å²) in [6.07, 6.45) is 0. The highest BCUT2D eigenvalue weighted by Gasteiger charge is 2.22. The van der Waals surface area contributed by atoms with Crippen LogP contribution < -0.4 is 5.32 Å². The van der Waals surface area contributed by atoms with Crippen molar-refractivity contribution in [1.29, 1.82) is 0 Å². The Hall–Kier alpha value is -0.870. The van der Waals surface area contributed by atoms with Crippen LogP contribution >= 0.6 is 0 Å². The minimum atomic E-state index is -3.04. The van der Waals surface area contributed by atoms with E-state index in [-0.39, 0.29) is 23.5 Å². The van der Waals surface area contributed by atoms with Crippen molar-refractivity contribution < 1.29 is 8.42 Å². The lowest BCUT2D eigenvalue weighted by atomic mass is 10.0. The fourth-order valence-electron chi connectivity index (χ4n) is 2.55. The first-order valence-corrected chi connectivity index (χ1v) is 9.08. The number of rotatable bonds is 7. The fraction of sp³-hybridized carbons (Fsp3) is 0.625. The molecule has 3 nitrogen and oxygen atoms in total. The summed E-state index contributed by atoms with van der Waals surface area (Å²) in [6.45, 7) is 10.7. The molecule has 0 radical (unpaired) electrons. The van der Waals surface area contributed by atoms with Crippen molar-refractivity contribution in [3.63, 3.8) is 0 Å². The van der Waals surface area contributed by atoms with E-state index in [1.807, 2.05) is 39.8 Å². The molecule has 0 fully saturated rings. The first-order valence-electron chi connectivity index (χ1n) is 7.26. The van der Waals surface area contributed by atoms with E-state index >= 15 is 0 Å². The van der Waals surface area contributed by atoms with Gasteiger partial charge in [0.05, 0.1) is 11.5 Å². The van der Waals surface area contributed by atoms with Crippen LogP contribution in [-0.2, 0) is 9.84 Å². The Bertz CT molecular complexity index is 535. The third-order valence-corrected chi connectivity index (χ3v) is 5.27. The predicted octanol–water partition coefficient (Wildman–Crippen LogP) is 3.02. The van der Waals surface area contributed by atoms with Crippen LogP contribution in [0.3, 0.4) is 0 Å². The summed E-state index contributed by atoms with van der Waals surface area (Å²) in [7, 11) is -3.04. The molecule has 0 aliphatic rings. The first kappa shape index (κ1) is 17.2. The number of nitrogens with one attached hydrogen (secondary N) is 1. The smallest absolute Gasteiger partial charge is 0.152 e. The van der Waals surface area contributed by atoms with Crippen LogP contribution in [0.25, 0.3) is 0 Å². The van der Waals surface area contributed by atoms with Gasteiger partial charge in [0.25, 0.3) is 0 Å². The topological polar surface area (TPSA) is 46.2 Å². The molecule has 20 heavy (non-hydrogen) atoms. The predicted molar refractivity (Wildman–Crippen MR) is 85.8 cm³/mol. The molecular weight excluding hydrogens is 270 g/mol. The van der Waals surface area contributed by atoms with Gasteiger partial charge in [-0.05, 0) is 37.4 Å². The number of sulfone groups is 1. The molecule has 0 aliphatic heterocycles. The van der Waals surface area contributed by atoms with Crippen molar-refractivity contribution in [1.82, 2.24) is 5.32 Å². The lowest BCUT2D eigenvalue weighted by Crippen LogP contribution is -2.30. The van der Waals surface area contributed by atoms with Crippen LogP contribution in [0.2, 0.25) is 0 Å². The van der Waals surface area contributed by atoms with Crippen molar-refractivity contribution in [2.45, 2.75) is 40.7 Å². The Balaban J connectivity index is 3.00. The normalized spacial score (nSPS) is 13.7. The zero-order valence-electron chi connectivity index (χ0n) is 13.2. The van der Waals surface area contributed by atoms with Crippen molar-refractivity contribution in [2.24, 2.45) is 5.92 Å².